The van der Waals surface area contributed by atoms with Gasteiger partial charge < -0.3 is 4.57 Å². The lowest BCUT2D eigenvalue weighted by atomic mass is 9.92. The Hall–Kier alpha value is -8.41. The summed E-state index contributed by atoms with van der Waals surface area (Å²) < 4.78 is 312. The van der Waals surface area contributed by atoms with E-state index in [1.807, 2.05) is 0 Å². The first-order valence-electron chi connectivity index (χ1n) is 35.3. The summed E-state index contributed by atoms with van der Waals surface area (Å²) in [4.78, 5) is 13.4. The molecule has 288 valence electrons. The van der Waals surface area contributed by atoms with E-state index in [-0.39, 0.29) is 0 Å². The van der Waals surface area contributed by atoms with Gasteiger partial charge in [-0.3, -0.25) is 4.57 Å². The number of aromatic nitrogens is 5. The van der Waals surface area contributed by atoms with Gasteiger partial charge in [-0.2, -0.15) is 9.97 Å². The summed E-state index contributed by atoms with van der Waals surface area (Å²) in [6.45, 7) is 0. The molecule has 10 aromatic carbocycles. The van der Waals surface area contributed by atoms with Crippen molar-refractivity contribution in [3.63, 3.8) is 0 Å². The molecule has 0 saturated carbocycles. The van der Waals surface area contributed by atoms with Crippen molar-refractivity contribution in [2.24, 2.45) is 0 Å². The minimum absolute atomic E-state index is 0.470. The smallest absolute Gasteiger partial charge is 0.238 e. The largest absolute Gasteiger partial charge is 0.307 e. The molecule has 0 bridgehead atoms. The highest BCUT2D eigenvalue weighted by Crippen LogP contribution is 2.42. The first-order chi connectivity index (χ1) is 44.9. The summed E-state index contributed by atoms with van der Waals surface area (Å²) in [5.41, 5.74) is -6.95. The molecule has 62 heavy (non-hydrogen) atoms. The van der Waals surface area contributed by atoms with Crippen LogP contribution in [0.4, 0.5) is 0 Å². The minimum atomic E-state index is -1.20. The molecule has 0 amide bonds. The second-order valence-corrected chi connectivity index (χ2v) is 13.4. The SMILES string of the molecule is [2H]c1cc2c(c([2H])c1[2H])c1c([2H])c([2H])c3c4c([2H])c([2H])c([2H])c([2H])c4n(-c4c([2H])c([2H])c(-c5c([2H])c([2H])c6c7c([2H])c([2H])c([2H])c([2H])c7c7c([2H])c([2H])c([2H])c([2H])c7c6c5[2H])c([2H])c4[2H])c3c1n2-c1nc(-c2c([2H])c([2H])c([2H])c([2H])c2[2H])nc(-c2c([2H])c([2H])c([2H])c([2H])c2[2H])n1. The van der Waals surface area contributed by atoms with Crippen molar-refractivity contribution in [1.29, 1.82) is 0 Å². The second kappa shape index (κ2) is 13.6. The fourth-order valence-corrected chi connectivity index (χ4v) is 7.54. The lowest BCUT2D eigenvalue weighted by Gasteiger charge is -2.14. The lowest BCUT2D eigenvalue weighted by molar-refractivity contribution is 0.953. The number of hydrogen-bond acceptors (Lipinski definition) is 3. The molecular formula is C57H35N5. The van der Waals surface area contributed by atoms with Gasteiger partial charge in [-0.1, -0.05) is 181 Å². The number of nitrogens with zero attached hydrogens (tertiary/aromatic N) is 5. The van der Waals surface area contributed by atoms with Crippen LogP contribution in [0, 0.1) is 0 Å². The number of hydrogen-bond donors (Lipinski definition) is 0. The zero-order valence-corrected chi connectivity index (χ0v) is 30.8. The highest BCUT2D eigenvalue weighted by Gasteiger charge is 2.23. The van der Waals surface area contributed by atoms with Gasteiger partial charge in [-0.05, 0) is 73.7 Å². The fourth-order valence-electron chi connectivity index (χ4n) is 7.54. The highest BCUT2D eigenvalue weighted by molar-refractivity contribution is 6.26. The molecule has 5 heteroatoms. The van der Waals surface area contributed by atoms with E-state index >= 15 is 0 Å². The average Bonchev–Trinajstić information content (AvgIpc) is 1.37. The first-order valence-corrected chi connectivity index (χ1v) is 18.3. The number of para-hydroxylation sites is 2. The molecule has 0 spiro atoms. The topological polar surface area (TPSA) is 48.5 Å². The van der Waals surface area contributed by atoms with Gasteiger partial charge in [-0.15, -0.1) is 0 Å². The van der Waals surface area contributed by atoms with Crippen LogP contribution in [0.2, 0.25) is 0 Å². The van der Waals surface area contributed by atoms with Crippen LogP contribution < -0.4 is 0 Å². The Balaban J connectivity index is 1.26. The highest BCUT2D eigenvalue weighted by atomic mass is 15.2. The van der Waals surface area contributed by atoms with Crippen molar-refractivity contribution in [2.75, 3.05) is 0 Å². The zero-order valence-electron chi connectivity index (χ0n) is 64.8. The number of fused-ring (bicyclic) bond motifs is 13. The molecule has 0 aliphatic heterocycles. The van der Waals surface area contributed by atoms with E-state index in [2.05, 4.69) is 15.0 Å². The standard InChI is InChI=1S/C57H35N5/c1-3-15-37(16-4-1)55-58-56(38-17-5-2-6-18-38)60-57(59-55)62-52-26-14-12-24-47(52)49-34-33-48-46-23-11-13-25-51(46)61(53(48)54(49)62)40-30-27-36(28-31-40)39-29-32-45-43-21-8-7-19-41(43)42-20-9-10-22-44(42)50(45)35-39/h1-35H/i1D,2D,3D,4D,5D,6D,7D,8D,9D,10D,11D,12D,13D,14D,15D,16D,17D,18D,19D,20D,21D,22D,23D,24D,25D,27D,28D,29D,30D,31D,32D,33D,34D,35D. The zero-order chi connectivity index (χ0) is 70.3. The number of rotatable bonds is 5. The Morgan fingerprint density at radius 1 is 0.306 bits per heavy atom. The summed E-state index contributed by atoms with van der Waals surface area (Å²) in [7, 11) is 0. The van der Waals surface area contributed by atoms with Crippen LogP contribution >= 0.6 is 0 Å². The molecule has 0 radical (unpaired) electrons. The monoisotopic (exact) mass is 824 g/mol. The van der Waals surface area contributed by atoms with E-state index in [9.17, 15) is 16.4 Å². The first kappa shape index (κ1) is 14.9. The van der Waals surface area contributed by atoms with Crippen LogP contribution in [0.1, 0.15) is 46.6 Å². The molecule has 3 aromatic heterocycles. The van der Waals surface area contributed by atoms with E-state index in [0.717, 1.165) is 15.2 Å². The molecule has 0 saturated heterocycles. The maximum atomic E-state index is 10.0. The number of benzene rings is 10. The van der Waals surface area contributed by atoms with Crippen LogP contribution in [0.25, 0.3) is 121 Å². The van der Waals surface area contributed by atoms with Gasteiger partial charge in [0.05, 0.1) is 68.7 Å². The molecule has 3 heterocycles. The van der Waals surface area contributed by atoms with Gasteiger partial charge >= 0.3 is 0 Å². The van der Waals surface area contributed by atoms with Crippen LogP contribution in [0.5, 0.6) is 0 Å². The van der Waals surface area contributed by atoms with Crippen molar-refractivity contribution in [2.45, 2.75) is 0 Å². The van der Waals surface area contributed by atoms with Crippen molar-refractivity contribution in [3.8, 4) is 45.5 Å². The molecule has 0 unspecified atom stereocenters. The van der Waals surface area contributed by atoms with E-state index < -0.39 is 327 Å². The normalized spacial score (nSPS) is 19.5. The van der Waals surface area contributed by atoms with Gasteiger partial charge in [0.2, 0.25) is 5.95 Å². The Morgan fingerprint density at radius 3 is 1.37 bits per heavy atom. The summed E-state index contributed by atoms with van der Waals surface area (Å²) >= 11 is 0. The van der Waals surface area contributed by atoms with Gasteiger partial charge in [0.25, 0.3) is 0 Å². The maximum Gasteiger partial charge on any atom is 0.238 e. The summed E-state index contributed by atoms with van der Waals surface area (Å²) in [6.07, 6.45) is 0. The molecule has 13 aromatic rings. The average molecular weight is 824 g/mol. The molecule has 0 N–H and O–H groups in total. The van der Waals surface area contributed by atoms with Crippen LogP contribution in [-0.4, -0.2) is 24.1 Å². The van der Waals surface area contributed by atoms with Crippen molar-refractivity contribution in [1.82, 2.24) is 24.1 Å². The predicted octanol–water partition coefficient (Wildman–Crippen LogP) is 14.5. The van der Waals surface area contributed by atoms with Gasteiger partial charge in [0.1, 0.15) is 0 Å². The third-order valence-electron chi connectivity index (χ3n) is 10.1. The minimum Gasteiger partial charge on any atom is -0.307 e. The predicted molar refractivity (Wildman–Crippen MR) is 257 cm³/mol. The molecule has 5 nitrogen and oxygen atoms in total. The molecule has 0 atom stereocenters. The summed E-state index contributed by atoms with van der Waals surface area (Å²) in [5.74, 6) is -2.66. The van der Waals surface area contributed by atoms with Gasteiger partial charge in [0.15, 0.2) is 11.6 Å². The summed E-state index contributed by atoms with van der Waals surface area (Å²) in [6, 6.07) is -31.3. The van der Waals surface area contributed by atoms with Gasteiger partial charge in [0, 0.05) is 38.4 Å². The molecule has 0 fully saturated rings. The van der Waals surface area contributed by atoms with Crippen molar-refractivity contribution >= 4 is 75.9 Å². The van der Waals surface area contributed by atoms with Crippen molar-refractivity contribution in [3.05, 3.63) is 212 Å². The van der Waals surface area contributed by atoms with Crippen LogP contribution in [0.3, 0.4) is 0 Å². The fraction of sp³-hybridized carbons (Fsp3) is 0. The molecule has 13 rings (SSSR count). The van der Waals surface area contributed by atoms with E-state index in [1.54, 1.807) is 0 Å². The van der Waals surface area contributed by atoms with E-state index in [1.165, 1.54) is 0 Å². The Labute approximate surface area is 404 Å². The quantitative estimate of drug-likeness (QED) is 0.162. The van der Waals surface area contributed by atoms with Crippen LogP contribution in [0.15, 0.2) is 212 Å². The molecular weight excluding hydrogens is 755 g/mol. The van der Waals surface area contributed by atoms with E-state index in [4.69, 9.17) is 30.2 Å². The second-order valence-electron chi connectivity index (χ2n) is 13.4. The third kappa shape index (κ3) is 5.18. The Bertz CT molecular complexity index is 5740. The molecule has 0 aliphatic carbocycles. The third-order valence-corrected chi connectivity index (χ3v) is 10.1. The van der Waals surface area contributed by atoms with Crippen molar-refractivity contribution < 1.29 is 46.6 Å². The lowest BCUT2D eigenvalue weighted by Crippen LogP contribution is -2.07. The van der Waals surface area contributed by atoms with Crippen LogP contribution in [-0.2, 0) is 0 Å². The Kier molecular flexibility index (Phi) is 3.27. The molecule has 0 aliphatic rings. The van der Waals surface area contributed by atoms with E-state index in [0.29, 0.717) is 0 Å². The summed E-state index contributed by atoms with van der Waals surface area (Å²) in [5, 5.41) is -5.80. The Morgan fingerprint density at radius 2 is 0.758 bits per heavy atom. The van der Waals surface area contributed by atoms with Gasteiger partial charge in [-0.25, -0.2) is 4.98 Å². The maximum absolute atomic E-state index is 10.0.